The van der Waals surface area contributed by atoms with Crippen LogP contribution in [0, 0.1) is 37.5 Å². The summed E-state index contributed by atoms with van der Waals surface area (Å²) in [6.45, 7) is 4.37. The molecule has 11 rings (SSSR count). The second kappa shape index (κ2) is 7.71. The summed E-state index contributed by atoms with van der Waals surface area (Å²) >= 11 is 0. The quantitative estimate of drug-likeness (QED) is 0.205. The maximum Gasteiger partial charge on any atom is 0.135 e. The van der Waals surface area contributed by atoms with Crippen LogP contribution < -0.4 is 4.74 Å². The zero-order valence-electron chi connectivity index (χ0n) is 23.8. The van der Waals surface area contributed by atoms with E-state index in [1.54, 1.807) is 11.1 Å². The van der Waals surface area contributed by atoms with Gasteiger partial charge in [-0.1, -0.05) is 66.7 Å². The number of hydrogen-bond donors (Lipinski definition) is 0. The Hall–Kier alpha value is -3.84. The number of rotatable bonds is 1. The van der Waals surface area contributed by atoms with Gasteiger partial charge in [0, 0.05) is 16.4 Å². The first-order valence-corrected chi connectivity index (χ1v) is 15.7. The van der Waals surface area contributed by atoms with Crippen LogP contribution >= 0.6 is 0 Å². The number of benzene rings is 5. The molecule has 1 heterocycles. The molecule has 0 aromatic heterocycles. The molecular formula is C40H34O. The van der Waals surface area contributed by atoms with Gasteiger partial charge in [-0.3, -0.25) is 0 Å². The predicted octanol–water partition coefficient (Wildman–Crippen LogP) is 10.6. The van der Waals surface area contributed by atoms with Crippen LogP contribution in [0.2, 0.25) is 0 Å². The summed E-state index contributed by atoms with van der Waals surface area (Å²) < 4.78 is 6.58. The third-order valence-corrected chi connectivity index (χ3v) is 12.0. The second-order valence-corrected chi connectivity index (χ2v) is 13.8. The van der Waals surface area contributed by atoms with Crippen LogP contribution in [-0.4, -0.2) is 0 Å². The van der Waals surface area contributed by atoms with E-state index in [-0.39, 0.29) is 5.41 Å². The largest absolute Gasteiger partial charge is 0.456 e. The van der Waals surface area contributed by atoms with Crippen molar-refractivity contribution < 1.29 is 4.74 Å². The minimum Gasteiger partial charge on any atom is -0.456 e. The minimum absolute atomic E-state index is 0.194. The molecule has 0 saturated heterocycles. The fourth-order valence-electron chi connectivity index (χ4n) is 10.5. The molecule has 0 radical (unpaired) electrons. The second-order valence-electron chi connectivity index (χ2n) is 13.8. The van der Waals surface area contributed by atoms with Gasteiger partial charge in [0.1, 0.15) is 11.5 Å². The molecule has 0 N–H and O–H groups in total. The lowest BCUT2D eigenvalue weighted by molar-refractivity contribution is -0.0399. The Bertz CT molecular complexity index is 1930. The summed E-state index contributed by atoms with van der Waals surface area (Å²) in [5.74, 6) is 5.42. The molecule has 5 aliphatic carbocycles. The first kappa shape index (κ1) is 22.8. The highest BCUT2D eigenvalue weighted by atomic mass is 16.5. The molecule has 4 bridgehead atoms. The summed E-state index contributed by atoms with van der Waals surface area (Å²) in [6, 6.07) is 32.6. The molecule has 5 aromatic carbocycles. The first-order valence-electron chi connectivity index (χ1n) is 15.7. The Balaban J connectivity index is 1.24. The third kappa shape index (κ3) is 2.74. The van der Waals surface area contributed by atoms with Crippen LogP contribution in [0.1, 0.15) is 54.4 Å². The van der Waals surface area contributed by atoms with Crippen molar-refractivity contribution in [2.75, 3.05) is 0 Å². The van der Waals surface area contributed by atoms with E-state index in [0.717, 1.165) is 35.2 Å². The number of hydrogen-bond acceptors (Lipinski definition) is 1. The average Bonchev–Trinajstić information content (AvgIpc) is 3.28. The number of fused-ring (bicyclic) bond motifs is 5. The van der Waals surface area contributed by atoms with Crippen molar-refractivity contribution in [3.63, 3.8) is 0 Å². The van der Waals surface area contributed by atoms with Crippen LogP contribution in [0.15, 0.2) is 84.9 Å². The lowest BCUT2D eigenvalue weighted by atomic mass is 9.43. The molecule has 41 heavy (non-hydrogen) atoms. The average molecular weight is 531 g/mol. The van der Waals surface area contributed by atoms with Gasteiger partial charge in [0.2, 0.25) is 0 Å². The smallest absolute Gasteiger partial charge is 0.135 e. The molecule has 6 aliphatic rings. The molecule has 0 atom stereocenters. The van der Waals surface area contributed by atoms with Crippen LogP contribution in [0.4, 0.5) is 0 Å². The van der Waals surface area contributed by atoms with Gasteiger partial charge in [-0.25, -0.2) is 0 Å². The Labute approximate surface area is 242 Å². The summed E-state index contributed by atoms with van der Waals surface area (Å²) in [6.07, 6.45) is 7.16. The van der Waals surface area contributed by atoms with Crippen molar-refractivity contribution in [1.82, 2.24) is 0 Å². The van der Waals surface area contributed by atoms with E-state index >= 15 is 0 Å². The fraction of sp³-hybridized carbons (Fsp3) is 0.300. The van der Waals surface area contributed by atoms with Gasteiger partial charge >= 0.3 is 0 Å². The molecule has 1 aliphatic heterocycles. The maximum atomic E-state index is 6.58. The summed E-state index contributed by atoms with van der Waals surface area (Å²) in [5.41, 5.74) is 14.2. The van der Waals surface area contributed by atoms with Crippen LogP contribution in [-0.2, 0) is 5.41 Å². The normalized spacial score (nSPS) is 27.6. The number of ether oxygens (including phenoxy) is 1. The lowest BCUT2D eigenvalue weighted by Gasteiger charge is -2.61. The lowest BCUT2D eigenvalue weighted by Crippen LogP contribution is -2.55. The summed E-state index contributed by atoms with van der Waals surface area (Å²) in [7, 11) is 0. The van der Waals surface area contributed by atoms with Gasteiger partial charge in [0.15, 0.2) is 0 Å². The SMILES string of the molecule is Cc1cc2c(cc1C)-c1cccc3c(-c4cccc5c4-c4ccccc4C54C5CC6CC(C5)CC4C6)ccc(c13)O2. The zero-order valence-corrected chi connectivity index (χ0v) is 23.8. The van der Waals surface area contributed by atoms with Crippen molar-refractivity contribution in [3.8, 4) is 44.9 Å². The first-order chi connectivity index (χ1) is 20.1. The molecule has 5 aromatic rings. The van der Waals surface area contributed by atoms with E-state index in [1.165, 1.54) is 87.4 Å². The zero-order chi connectivity index (χ0) is 27.0. The fourth-order valence-corrected chi connectivity index (χ4v) is 10.5. The molecule has 4 fully saturated rings. The number of aryl methyl sites for hydroxylation is 2. The van der Waals surface area contributed by atoms with Crippen LogP contribution in [0.5, 0.6) is 11.5 Å². The highest BCUT2D eigenvalue weighted by molar-refractivity contribution is 6.11. The van der Waals surface area contributed by atoms with Gasteiger partial charge < -0.3 is 4.74 Å². The molecule has 200 valence electrons. The Morgan fingerprint density at radius 1 is 0.561 bits per heavy atom. The summed E-state index contributed by atoms with van der Waals surface area (Å²) in [5, 5.41) is 2.54. The third-order valence-electron chi connectivity index (χ3n) is 12.0. The van der Waals surface area contributed by atoms with Gasteiger partial charge in [0.05, 0.1) is 0 Å². The summed E-state index contributed by atoms with van der Waals surface area (Å²) in [4.78, 5) is 0. The topological polar surface area (TPSA) is 9.23 Å². The molecule has 4 saturated carbocycles. The molecule has 1 spiro atoms. The maximum absolute atomic E-state index is 6.58. The van der Waals surface area contributed by atoms with Crippen LogP contribution in [0.25, 0.3) is 44.2 Å². The highest BCUT2D eigenvalue weighted by Gasteiger charge is 2.61. The molecule has 1 heteroatoms. The predicted molar refractivity (Wildman–Crippen MR) is 168 cm³/mol. The van der Waals surface area contributed by atoms with E-state index in [2.05, 4.69) is 98.8 Å². The van der Waals surface area contributed by atoms with E-state index in [4.69, 9.17) is 4.74 Å². The minimum atomic E-state index is 0.194. The van der Waals surface area contributed by atoms with E-state index in [9.17, 15) is 0 Å². The Morgan fingerprint density at radius 2 is 1.24 bits per heavy atom. The van der Waals surface area contributed by atoms with Crippen molar-refractivity contribution in [2.45, 2.75) is 51.4 Å². The Kier molecular flexibility index (Phi) is 4.29. The molecule has 1 nitrogen and oxygen atoms in total. The van der Waals surface area contributed by atoms with Crippen molar-refractivity contribution in [2.24, 2.45) is 23.7 Å². The van der Waals surface area contributed by atoms with Gasteiger partial charge in [-0.15, -0.1) is 0 Å². The standard InChI is InChI=1S/C40H34O/c1-22-15-33-31-9-5-8-30-28(13-14-36(39(30)31)41-37(33)16-23(22)2)29-10-6-12-35-38(29)32-7-3-4-11-34(32)40(35)26-18-24-17-25(20-26)21-27(40)19-24/h3-16,24-27H,17-21H2,1-2H3. The van der Waals surface area contributed by atoms with Gasteiger partial charge in [0.25, 0.3) is 0 Å². The van der Waals surface area contributed by atoms with Gasteiger partial charge in [-0.05, 0) is 143 Å². The van der Waals surface area contributed by atoms with Crippen molar-refractivity contribution in [1.29, 1.82) is 0 Å². The Morgan fingerprint density at radius 3 is 2.07 bits per heavy atom. The van der Waals surface area contributed by atoms with Crippen molar-refractivity contribution >= 4 is 10.8 Å². The van der Waals surface area contributed by atoms with E-state index in [0.29, 0.717) is 0 Å². The van der Waals surface area contributed by atoms with Gasteiger partial charge in [-0.2, -0.15) is 0 Å². The molecular weight excluding hydrogens is 496 g/mol. The van der Waals surface area contributed by atoms with E-state index in [1.807, 2.05) is 0 Å². The van der Waals surface area contributed by atoms with Crippen LogP contribution in [0.3, 0.4) is 0 Å². The monoisotopic (exact) mass is 530 g/mol. The highest BCUT2D eigenvalue weighted by Crippen LogP contribution is 2.70. The van der Waals surface area contributed by atoms with E-state index < -0.39 is 0 Å². The van der Waals surface area contributed by atoms with Crippen molar-refractivity contribution in [3.05, 3.63) is 107 Å². The molecule has 0 unspecified atom stereocenters. The molecule has 0 amide bonds.